The first-order chi connectivity index (χ1) is 27.8. The lowest BCUT2D eigenvalue weighted by atomic mass is 9.85. The largest absolute Gasteiger partial charge is 0.507 e. The molecule has 0 bridgehead atoms. The Hall–Kier alpha value is -5.96. The van der Waals surface area contributed by atoms with Crippen molar-refractivity contribution in [2.24, 2.45) is 5.41 Å². The fourth-order valence-electron chi connectivity index (χ4n) is 7.56. The number of para-hydroxylation sites is 1. The number of hydrogen-bond acceptors (Lipinski definition) is 10. The molecule has 14 nitrogen and oxygen atoms in total. The van der Waals surface area contributed by atoms with Gasteiger partial charge in [-0.15, -0.1) is 21.5 Å². The van der Waals surface area contributed by atoms with Crippen LogP contribution < -0.4 is 10.6 Å². The van der Waals surface area contributed by atoms with E-state index < -0.39 is 29.3 Å². The van der Waals surface area contributed by atoms with Gasteiger partial charge in [-0.2, -0.15) is 0 Å². The summed E-state index contributed by atoms with van der Waals surface area (Å²) in [6.07, 6.45) is 3.18. The molecule has 2 aliphatic rings. The molecular formula is C43H48N8O6S. The number of hydrogen-bond donors (Lipinski definition) is 4. The van der Waals surface area contributed by atoms with E-state index in [1.54, 1.807) is 39.9 Å². The minimum Gasteiger partial charge on any atom is -0.507 e. The van der Waals surface area contributed by atoms with Crippen LogP contribution in [-0.4, -0.2) is 96.2 Å². The number of unbranched alkanes of at least 4 members (excludes halogenated alkanes) is 1. The number of thiazole rings is 1. The fourth-order valence-corrected chi connectivity index (χ4v) is 8.38. The maximum absolute atomic E-state index is 14.0. The number of aryl methyl sites for hydroxylation is 1. The first-order valence-corrected chi connectivity index (χ1v) is 20.4. The zero-order valence-electron chi connectivity index (χ0n) is 33.1. The quantitative estimate of drug-likeness (QED) is 0.115. The van der Waals surface area contributed by atoms with E-state index in [0.29, 0.717) is 49.3 Å². The second-order valence-electron chi connectivity index (χ2n) is 16.2. The minimum atomic E-state index is -0.973. The van der Waals surface area contributed by atoms with Crippen LogP contribution in [0.15, 0.2) is 66.3 Å². The molecule has 2 saturated heterocycles. The van der Waals surface area contributed by atoms with Gasteiger partial charge in [0.15, 0.2) is 11.4 Å². The number of carbonyl (C=O) groups excluding carboxylic acids is 5. The number of benzene rings is 2. The number of nitrogens with zero attached hydrogens (tertiary/aromatic N) is 5. The molecule has 2 aromatic carbocycles. The van der Waals surface area contributed by atoms with Gasteiger partial charge in [0.25, 0.3) is 0 Å². The summed E-state index contributed by atoms with van der Waals surface area (Å²) in [5.74, 6) is -1.18. The van der Waals surface area contributed by atoms with Gasteiger partial charge in [0.1, 0.15) is 17.8 Å². The van der Waals surface area contributed by atoms with Crippen molar-refractivity contribution in [2.75, 3.05) is 19.6 Å². The van der Waals surface area contributed by atoms with E-state index >= 15 is 0 Å². The number of carbonyl (C=O) groups is 5. The van der Waals surface area contributed by atoms with Crippen molar-refractivity contribution in [1.29, 1.82) is 0 Å². The molecule has 4 amide bonds. The Morgan fingerprint density at radius 2 is 1.76 bits per heavy atom. The average Bonchev–Trinajstić information content (AvgIpc) is 3.92. The Morgan fingerprint density at radius 3 is 2.47 bits per heavy atom. The molecule has 0 saturated carbocycles. The number of aromatic hydroxyl groups is 1. The highest BCUT2D eigenvalue weighted by Crippen LogP contribution is 2.35. The third-order valence-corrected chi connectivity index (χ3v) is 11.9. The van der Waals surface area contributed by atoms with E-state index in [9.17, 15) is 29.1 Å². The molecule has 0 unspecified atom stereocenters. The molecule has 7 rings (SSSR count). The summed E-state index contributed by atoms with van der Waals surface area (Å²) < 4.78 is 0. The van der Waals surface area contributed by atoms with E-state index in [1.807, 2.05) is 70.3 Å². The van der Waals surface area contributed by atoms with Crippen LogP contribution in [0.3, 0.4) is 0 Å². The first-order valence-electron chi connectivity index (χ1n) is 19.6. The SMILES string of the molecule is Cc1ncsc1-c1ccc(CNC(=O)[C@@H]2CC(=O)CN2C(=O)[C@@H](NC(=O)CCCCC(=O)N2CC(c3c[nH]c4nnc(-c5ccccc5O)cc34)C2)C(C)(C)C)cc1. The number of amides is 4. The van der Waals surface area contributed by atoms with Crippen LogP contribution in [0.5, 0.6) is 5.75 Å². The van der Waals surface area contributed by atoms with Gasteiger partial charge in [-0.3, -0.25) is 24.0 Å². The van der Waals surface area contributed by atoms with Crippen molar-refractivity contribution in [1.82, 2.24) is 40.6 Å². The lowest BCUT2D eigenvalue weighted by molar-refractivity contribution is -0.144. The predicted octanol–water partition coefficient (Wildman–Crippen LogP) is 5.27. The third kappa shape index (κ3) is 8.79. The van der Waals surface area contributed by atoms with E-state index in [-0.39, 0.29) is 55.2 Å². The molecule has 302 valence electrons. The van der Waals surface area contributed by atoms with Gasteiger partial charge in [-0.25, -0.2) is 4.98 Å². The van der Waals surface area contributed by atoms with Crippen molar-refractivity contribution in [3.63, 3.8) is 0 Å². The maximum Gasteiger partial charge on any atom is 0.246 e. The standard InChI is InChI=1S/C43H48N8O6S/c1-25-38(58-24-46-25)27-15-13-26(14-16-27)19-45-41(56)34-17-29(52)23-51(34)42(57)39(43(2,3)4)47-36(54)11-7-8-12-37(55)50-21-28(22-50)32-20-44-40-31(32)18-33(48-49-40)30-9-5-6-10-35(30)53/h5-6,9-10,13-16,18,20,24,28,34,39,53H,7-8,11-12,17,19,21-23H2,1-4H3,(H,44,49)(H,45,56)(H,47,54)/t34-,39+/m0/s1. The van der Waals surface area contributed by atoms with Crippen molar-refractivity contribution in [2.45, 2.75) is 84.3 Å². The Morgan fingerprint density at radius 1 is 1.02 bits per heavy atom. The Kier molecular flexibility index (Phi) is 11.7. The van der Waals surface area contributed by atoms with Crippen LogP contribution in [0.25, 0.3) is 32.7 Å². The molecule has 58 heavy (non-hydrogen) atoms. The van der Waals surface area contributed by atoms with Gasteiger partial charge in [0, 0.05) is 62.0 Å². The highest BCUT2D eigenvalue weighted by Gasteiger charge is 2.44. The molecule has 4 N–H and O–H groups in total. The van der Waals surface area contributed by atoms with Crippen molar-refractivity contribution < 1.29 is 29.1 Å². The minimum absolute atomic E-state index is 0.0139. The van der Waals surface area contributed by atoms with Crippen LogP contribution in [-0.2, 0) is 30.5 Å². The summed E-state index contributed by atoms with van der Waals surface area (Å²) in [6.45, 7) is 8.61. The Balaban J connectivity index is 0.870. The van der Waals surface area contributed by atoms with E-state index in [0.717, 1.165) is 32.6 Å². The number of rotatable bonds is 13. The van der Waals surface area contributed by atoms with Crippen LogP contribution in [0.1, 0.15) is 75.6 Å². The second-order valence-corrected chi connectivity index (χ2v) is 17.1. The van der Waals surface area contributed by atoms with Crippen molar-refractivity contribution in [3.05, 3.63) is 83.1 Å². The van der Waals surface area contributed by atoms with Crippen molar-refractivity contribution in [3.8, 4) is 27.4 Å². The number of aromatic nitrogens is 4. The zero-order valence-corrected chi connectivity index (χ0v) is 33.9. The number of phenolic OH excluding ortho intramolecular Hbond substituents is 1. The van der Waals surface area contributed by atoms with Gasteiger partial charge < -0.3 is 30.5 Å². The van der Waals surface area contributed by atoms with Gasteiger partial charge in [-0.1, -0.05) is 57.2 Å². The normalized spacial score (nSPS) is 16.3. The second kappa shape index (κ2) is 16.9. The summed E-state index contributed by atoms with van der Waals surface area (Å²) >= 11 is 1.56. The van der Waals surface area contributed by atoms with E-state index in [4.69, 9.17) is 0 Å². The summed E-state index contributed by atoms with van der Waals surface area (Å²) in [6, 6.07) is 14.8. The predicted molar refractivity (Wildman–Crippen MR) is 219 cm³/mol. The number of phenols is 1. The number of fused-ring (bicyclic) bond motifs is 1. The molecular weight excluding hydrogens is 757 g/mol. The zero-order chi connectivity index (χ0) is 41.1. The topological polar surface area (TPSA) is 191 Å². The third-order valence-electron chi connectivity index (χ3n) is 10.9. The van der Waals surface area contributed by atoms with Gasteiger partial charge in [-0.05, 0) is 60.1 Å². The Labute approximate surface area is 340 Å². The molecule has 2 fully saturated rings. The van der Waals surface area contributed by atoms with Crippen LogP contribution >= 0.6 is 11.3 Å². The number of nitrogens with one attached hydrogen (secondary N) is 3. The molecule has 0 aliphatic carbocycles. The number of Topliss-reactive ketones (excluding diaryl/α,β-unsaturated/α-hetero) is 1. The molecule has 0 spiro atoms. The molecule has 0 radical (unpaired) electrons. The lowest BCUT2D eigenvalue weighted by Gasteiger charge is -2.39. The van der Waals surface area contributed by atoms with E-state index in [2.05, 4.69) is 30.8 Å². The highest BCUT2D eigenvalue weighted by atomic mass is 32.1. The van der Waals surface area contributed by atoms with Crippen molar-refractivity contribution >= 4 is 51.8 Å². The van der Waals surface area contributed by atoms with Gasteiger partial charge in [0.2, 0.25) is 23.6 Å². The number of aromatic amines is 1. The number of H-pyrrole nitrogens is 1. The van der Waals surface area contributed by atoms with Crippen LogP contribution in [0.4, 0.5) is 0 Å². The molecule has 2 atom stereocenters. The fraction of sp³-hybridized carbons (Fsp3) is 0.395. The highest BCUT2D eigenvalue weighted by molar-refractivity contribution is 7.13. The molecule has 15 heteroatoms. The summed E-state index contributed by atoms with van der Waals surface area (Å²) in [7, 11) is 0. The summed E-state index contributed by atoms with van der Waals surface area (Å²) in [5.41, 5.74) is 6.82. The van der Waals surface area contributed by atoms with Gasteiger partial charge >= 0.3 is 0 Å². The van der Waals surface area contributed by atoms with Crippen LogP contribution in [0.2, 0.25) is 0 Å². The molecule has 5 aromatic rings. The lowest BCUT2D eigenvalue weighted by Crippen LogP contribution is -2.57. The maximum atomic E-state index is 14.0. The Bertz CT molecular complexity index is 2340. The molecule has 3 aromatic heterocycles. The van der Waals surface area contributed by atoms with E-state index in [1.165, 1.54) is 4.90 Å². The van der Waals surface area contributed by atoms with Crippen LogP contribution in [0, 0.1) is 12.3 Å². The summed E-state index contributed by atoms with van der Waals surface area (Å²) in [4.78, 5) is 77.8. The monoisotopic (exact) mass is 804 g/mol. The van der Waals surface area contributed by atoms with Gasteiger partial charge in [0.05, 0.1) is 28.3 Å². The average molecular weight is 805 g/mol. The first kappa shape index (κ1) is 40.2. The molecule has 2 aliphatic heterocycles. The number of ketones is 1. The number of likely N-dealkylation sites (tertiary alicyclic amines) is 2. The summed E-state index contributed by atoms with van der Waals surface area (Å²) in [5, 5.41) is 25.5. The smallest absolute Gasteiger partial charge is 0.246 e. The molecule has 5 heterocycles.